The Bertz CT molecular complexity index is 940. The number of carbonyl (C=O) groups excluding carboxylic acids is 3. The van der Waals surface area contributed by atoms with Gasteiger partial charge in [0.2, 0.25) is 11.8 Å². The summed E-state index contributed by atoms with van der Waals surface area (Å²) in [5, 5.41) is 2.71. The maximum absolute atomic E-state index is 12.2. The molecule has 0 aliphatic rings. The largest absolute Gasteiger partial charge is 0.494 e. The van der Waals surface area contributed by atoms with E-state index >= 15 is 0 Å². The van der Waals surface area contributed by atoms with E-state index in [1.807, 2.05) is 32.9 Å². The van der Waals surface area contributed by atoms with Gasteiger partial charge in [-0.2, -0.15) is 0 Å². The van der Waals surface area contributed by atoms with Crippen LogP contribution in [0.1, 0.15) is 37.8 Å². The minimum Gasteiger partial charge on any atom is -0.494 e. The summed E-state index contributed by atoms with van der Waals surface area (Å²) in [5.74, 6) is 0.0354. The predicted octanol–water partition coefficient (Wildman–Crippen LogP) is 3.80. The number of nitrogens with one attached hydrogen (secondary N) is 3. The van der Waals surface area contributed by atoms with Crippen molar-refractivity contribution in [3.05, 3.63) is 52.0 Å². The number of hydrogen-bond acceptors (Lipinski definition) is 5. The van der Waals surface area contributed by atoms with Crippen LogP contribution in [0, 0.1) is 13.8 Å². The first-order valence-corrected chi connectivity index (χ1v) is 11.0. The van der Waals surface area contributed by atoms with Gasteiger partial charge in [-0.1, -0.05) is 15.9 Å². The lowest BCUT2D eigenvalue weighted by atomic mass is 10.1. The third-order valence-corrected chi connectivity index (χ3v) is 4.90. The van der Waals surface area contributed by atoms with E-state index in [-0.39, 0.29) is 18.7 Å². The minimum atomic E-state index is -0.822. The quantitative estimate of drug-likeness (QED) is 0.449. The first-order chi connectivity index (χ1) is 15.2. The summed E-state index contributed by atoms with van der Waals surface area (Å²) in [6, 6.07) is 10.7. The number of benzene rings is 2. The molecule has 3 amide bonds. The van der Waals surface area contributed by atoms with Crippen molar-refractivity contribution in [3.63, 3.8) is 0 Å². The molecule has 2 aromatic carbocycles. The van der Waals surface area contributed by atoms with Crippen LogP contribution in [0.3, 0.4) is 0 Å². The normalized spacial score (nSPS) is 11.3. The van der Waals surface area contributed by atoms with Gasteiger partial charge in [-0.15, -0.1) is 0 Å². The molecule has 1 atom stereocenters. The highest BCUT2D eigenvalue weighted by molar-refractivity contribution is 9.10. The molecule has 0 spiro atoms. The molecular formula is C23H28BrN3O5. The molecule has 1 unspecified atom stereocenters. The summed E-state index contributed by atoms with van der Waals surface area (Å²) >= 11 is 3.42. The van der Waals surface area contributed by atoms with Crippen molar-refractivity contribution in [3.8, 4) is 11.5 Å². The van der Waals surface area contributed by atoms with Crippen molar-refractivity contribution >= 4 is 39.3 Å². The van der Waals surface area contributed by atoms with E-state index in [0.717, 1.165) is 15.6 Å². The van der Waals surface area contributed by atoms with Crippen molar-refractivity contribution in [2.24, 2.45) is 0 Å². The molecular weight excluding hydrogens is 478 g/mol. The molecule has 3 N–H and O–H groups in total. The molecule has 8 nitrogen and oxygen atoms in total. The Kier molecular flexibility index (Phi) is 9.52. The standard InChI is InChI=1S/C23H28BrN3O5/c1-5-31-19-8-6-18(7-9-19)25-20(28)10-11-21(29)26-27-23(30)16(4)32-22-14(2)12-17(24)13-15(22)3/h6-9,12-13,16H,5,10-11H2,1-4H3,(H,25,28)(H,26,29)(H,27,30). The number of rotatable bonds is 9. The number of amides is 3. The number of aryl methyl sites for hydroxylation is 2. The molecule has 0 aromatic heterocycles. The van der Waals surface area contributed by atoms with Crippen molar-refractivity contribution < 1.29 is 23.9 Å². The van der Waals surface area contributed by atoms with Gasteiger partial charge < -0.3 is 14.8 Å². The summed E-state index contributed by atoms with van der Waals surface area (Å²) in [4.78, 5) is 36.3. The molecule has 0 saturated heterocycles. The molecule has 0 fully saturated rings. The second-order valence-electron chi connectivity index (χ2n) is 7.17. The van der Waals surface area contributed by atoms with E-state index in [0.29, 0.717) is 23.8 Å². The van der Waals surface area contributed by atoms with Crippen LogP contribution in [0.25, 0.3) is 0 Å². The van der Waals surface area contributed by atoms with Crippen LogP contribution in [0.2, 0.25) is 0 Å². The van der Waals surface area contributed by atoms with Gasteiger partial charge in [0.15, 0.2) is 6.10 Å². The zero-order chi connectivity index (χ0) is 23.7. The third kappa shape index (κ3) is 7.88. The fourth-order valence-corrected chi connectivity index (χ4v) is 3.55. The first kappa shape index (κ1) is 25.2. The van der Waals surface area contributed by atoms with Gasteiger partial charge in [0, 0.05) is 23.0 Å². The highest BCUT2D eigenvalue weighted by Gasteiger charge is 2.18. The van der Waals surface area contributed by atoms with Gasteiger partial charge in [0.25, 0.3) is 5.91 Å². The second kappa shape index (κ2) is 12.1. The van der Waals surface area contributed by atoms with Crippen LogP contribution in [-0.4, -0.2) is 30.4 Å². The maximum atomic E-state index is 12.2. The summed E-state index contributed by atoms with van der Waals surface area (Å²) in [5.41, 5.74) is 7.02. The summed E-state index contributed by atoms with van der Waals surface area (Å²) in [6.07, 6.45) is -0.932. The number of hydrazine groups is 1. The molecule has 0 saturated carbocycles. The van der Waals surface area contributed by atoms with E-state index in [9.17, 15) is 14.4 Å². The first-order valence-electron chi connectivity index (χ1n) is 10.2. The predicted molar refractivity (Wildman–Crippen MR) is 125 cm³/mol. The average Bonchev–Trinajstić information content (AvgIpc) is 2.74. The van der Waals surface area contributed by atoms with Crippen LogP contribution < -0.4 is 25.6 Å². The van der Waals surface area contributed by atoms with Crippen molar-refractivity contribution in [2.75, 3.05) is 11.9 Å². The highest BCUT2D eigenvalue weighted by Crippen LogP contribution is 2.28. The molecule has 2 aromatic rings. The van der Waals surface area contributed by atoms with E-state index in [4.69, 9.17) is 9.47 Å². The molecule has 0 radical (unpaired) electrons. The van der Waals surface area contributed by atoms with Crippen LogP contribution in [0.4, 0.5) is 5.69 Å². The van der Waals surface area contributed by atoms with E-state index in [1.54, 1.807) is 31.2 Å². The van der Waals surface area contributed by atoms with Gasteiger partial charge in [-0.3, -0.25) is 25.2 Å². The van der Waals surface area contributed by atoms with Gasteiger partial charge in [-0.05, 0) is 75.2 Å². The van der Waals surface area contributed by atoms with Gasteiger partial charge in [0.05, 0.1) is 6.61 Å². The van der Waals surface area contributed by atoms with Crippen molar-refractivity contribution in [1.29, 1.82) is 0 Å². The van der Waals surface area contributed by atoms with E-state index in [2.05, 4.69) is 32.1 Å². The molecule has 0 bridgehead atoms. The molecule has 32 heavy (non-hydrogen) atoms. The Hall–Kier alpha value is -3.07. The fourth-order valence-electron chi connectivity index (χ4n) is 2.86. The van der Waals surface area contributed by atoms with Crippen molar-refractivity contribution in [1.82, 2.24) is 10.9 Å². The van der Waals surface area contributed by atoms with Gasteiger partial charge >= 0.3 is 0 Å². The molecule has 172 valence electrons. The Labute approximate surface area is 196 Å². The molecule has 0 aliphatic heterocycles. The third-order valence-electron chi connectivity index (χ3n) is 4.44. The summed E-state index contributed by atoms with van der Waals surface area (Å²) < 4.78 is 12.0. The van der Waals surface area contributed by atoms with Gasteiger partial charge in [-0.25, -0.2) is 0 Å². The average molecular weight is 506 g/mol. The monoisotopic (exact) mass is 505 g/mol. The fraction of sp³-hybridized carbons (Fsp3) is 0.348. The highest BCUT2D eigenvalue weighted by atomic mass is 79.9. The Balaban J connectivity index is 1.73. The number of ether oxygens (including phenoxy) is 2. The van der Waals surface area contributed by atoms with E-state index in [1.165, 1.54) is 0 Å². The van der Waals surface area contributed by atoms with E-state index < -0.39 is 17.9 Å². The molecule has 0 heterocycles. The van der Waals surface area contributed by atoms with Crippen molar-refractivity contribution in [2.45, 2.75) is 46.6 Å². The SMILES string of the molecule is CCOc1ccc(NC(=O)CCC(=O)NNC(=O)C(C)Oc2c(C)cc(Br)cc2C)cc1. The van der Waals surface area contributed by atoms with Crippen LogP contribution in [0.5, 0.6) is 11.5 Å². The Morgan fingerprint density at radius 3 is 2.16 bits per heavy atom. The molecule has 0 aliphatic carbocycles. The smallest absolute Gasteiger partial charge is 0.279 e. The minimum absolute atomic E-state index is 0.0295. The lowest BCUT2D eigenvalue weighted by Crippen LogP contribution is -2.47. The number of halogens is 1. The van der Waals surface area contributed by atoms with Crippen LogP contribution in [-0.2, 0) is 14.4 Å². The molecule has 9 heteroatoms. The zero-order valence-corrected chi connectivity index (χ0v) is 20.2. The Morgan fingerprint density at radius 2 is 1.56 bits per heavy atom. The molecule has 2 rings (SSSR count). The Morgan fingerprint density at radius 1 is 0.969 bits per heavy atom. The van der Waals surface area contributed by atoms with Gasteiger partial charge in [0.1, 0.15) is 11.5 Å². The topological polar surface area (TPSA) is 106 Å². The zero-order valence-electron chi connectivity index (χ0n) is 18.6. The van der Waals surface area contributed by atoms with Crippen LogP contribution >= 0.6 is 15.9 Å². The summed E-state index contributed by atoms with van der Waals surface area (Å²) in [7, 11) is 0. The summed E-state index contributed by atoms with van der Waals surface area (Å²) in [6.45, 7) is 7.81. The second-order valence-corrected chi connectivity index (χ2v) is 8.09. The number of anilines is 1. The lowest BCUT2D eigenvalue weighted by Gasteiger charge is -2.18. The lowest BCUT2D eigenvalue weighted by molar-refractivity contribution is -0.133. The number of carbonyl (C=O) groups is 3. The maximum Gasteiger partial charge on any atom is 0.279 e. The van der Waals surface area contributed by atoms with Crippen LogP contribution in [0.15, 0.2) is 40.9 Å². The number of hydrogen-bond donors (Lipinski definition) is 3.